The number of urea groups is 1. The Hall–Kier alpha value is -2.87. The van der Waals surface area contributed by atoms with Gasteiger partial charge >= 0.3 is 6.03 Å². The first-order valence-electron chi connectivity index (χ1n) is 8.06. The van der Waals surface area contributed by atoms with E-state index in [0.29, 0.717) is 5.69 Å². The average molecular weight is 372 g/mol. The third kappa shape index (κ3) is 4.20. The molecule has 2 aromatic carbocycles. The molecule has 0 aliphatic rings. The van der Waals surface area contributed by atoms with Crippen molar-refractivity contribution in [2.45, 2.75) is 0 Å². The van der Waals surface area contributed by atoms with Gasteiger partial charge in [0, 0.05) is 30.9 Å². The maximum atomic E-state index is 12.1. The number of rotatable bonds is 5. The second kappa shape index (κ2) is 7.17. The van der Waals surface area contributed by atoms with Crippen LogP contribution in [-0.4, -0.2) is 54.7 Å². The second-order valence-corrected chi connectivity index (χ2v) is 8.40. The fraction of sp³-hybridized carbons (Fsp3) is 0.222. The van der Waals surface area contributed by atoms with E-state index in [1.165, 1.54) is 4.90 Å². The van der Waals surface area contributed by atoms with Crippen LogP contribution in [0.25, 0.3) is 16.6 Å². The van der Waals surface area contributed by atoms with Crippen molar-refractivity contribution in [3.8, 4) is 5.69 Å². The van der Waals surface area contributed by atoms with Crippen molar-refractivity contribution < 1.29 is 13.2 Å². The van der Waals surface area contributed by atoms with Crippen LogP contribution in [0.2, 0.25) is 0 Å². The summed E-state index contributed by atoms with van der Waals surface area (Å²) in [4.78, 5) is 13.5. The van der Waals surface area contributed by atoms with Gasteiger partial charge in [-0.2, -0.15) is 5.10 Å². The molecule has 0 fully saturated rings. The van der Waals surface area contributed by atoms with Gasteiger partial charge < -0.3 is 10.2 Å². The van der Waals surface area contributed by atoms with Crippen LogP contribution in [0, 0.1) is 0 Å². The van der Waals surface area contributed by atoms with E-state index in [9.17, 15) is 13.2 Å². The Morgan fingerprint density at radius 3 is 2.54 bits per heavy atom. The molecule has 7 nitrogen and oxygen atoms in total. The van der Waals surface area contributed by atoms with E-state index in [4.69, 9.17) is 0 Å². The molecule has 0 radical (unpaired) electrons. The Morgan fingerprint density at radius 1 is 1.15 bits per heavy atom. The van der Waals surface area contributed by atoms with E-state index in [-0.39, 0.29) is 18.3 Å². The number of benzene rings is 2. The zero-order valence-corrected chi connectivity index (χ0v) is 15.4. The van der Waals surface area contributed by atoms with Crippen LogP contribution in [0.3, 0.4) is 0 Å². The molecule has 1 heterocycles. The number of nitrogens with zero attached hydrogens (tertiary/aromatic N) is 3. The number of hydrogen-bond acceptors (Lipinski definition) is 4. The monoisotopic (exact) mass is 372 g/mol. The maximum absolute atomic E-state index is 12.1. The highest BCUT2D eigenvalue weighted by atomic mass is 32.2. The number of carbonyl (C=O) groups excluding carboxylic acids is 1. The van der Waals surface area contributed by atoms with Gasteiger partial charge in [0.05, 0.1) is 23.2 Å². The van der Waals surface area contributed by atoms with Gasteiger partial charge in [-0.25, -0.2) is 17.9 Å². The number of fused-ring (bicyclic) bond motifs is 1. The summed E-state index contributed by atoms with van der Waals surface area (Å²) in [6, 6.07) is 14.9. The molecule has 8 heteroatoms. The molecule has 2 amide bonds. The van der Waals surface area contributed by atoms with Gasteiger partial charge in [0.15, 0.2) is 0 Å². The Labute approximate surface area is 152 Å². The number of sulfone groups is 1. The van der Waals surface area contributed by atoms with Gasteiger partial charge in [-0.05, 0) is 30.3 Å². The number of para-hydroxylation sites is 1. The summed E-state index contributed by atoms with van der Waals surface area (Å²) >= 11 is 0. The maximum Gasteiger partial charge on any atom is 0.321 e. The molecule has 3 rings (SSSR count). The highest BCUT2D eigenvalue weighted by molar-refractivity contribution is 7.90. The van der Waals surface area contributed by atoms with Crippen molar-refractivity contribution in [2.75, 3.05) is 30.9 Å². The van der Waals surface area contributed by atoms with E-state index >= 15 is 0 Å². The molecule has 0 saturated heterocycles. The average Bonchev–Trinajstić information content (AvgIpc) is 3.04. The van der Waals surface area contributed by atoms with Gasteiger partial charge in [0.2, 0.25) is 0 Å². The molecule has 1 N–H and O–H groups in total. The molecule has 1 aromatic heterocycles. The molecule has 0 unspecified atom stereocenters. The van der Waals surface area contributed by atoms with Crippen molar-refractivity contribution in [3.05, 3.63) is 54.7 Å². The highest BCUT2D eigenvalue weighted by Gasteiger charge is 2.12. The van der Waals surface area contributed by atoms with Crippen molar-refractivity contribution in [3.63, 3.8) is 0 Å². The van der Waals surface area contributed by atoms with Gasteiger partial charge in [0.1, 0.15) is 9.84 Å². The summed E-state index contributed by atoms with van der Waals surface area (Å²) < 4.78 is 24.2. The zero-order chi connectivity index (χ0) is 18.7. The number of aromatic nitrogens is 2. The molecular weight excluding hydrogens is 352 g/mol. The Morgan fingerprint density at radius 2 is 1.85 bits per heavy atom. The molecule has 26 heavy (non-hydrogen) atoms. The lowest BCUT2D eigenvalue weighted by Gasteiger charge is -2.17. The molecule has 0 bridgehead atoms. The lowest BCUT2D eigenvalue weighted by atomic mass is 10.2. The van der Waals surface area contributed by atoms with Gasteiger partial charge in [0.25, 0.3) is 0 Å². The van der Waals surface area contributed by atoms with Crippen molar-refractivity contribution >= 4 is 32.5 Å². The first-order valence-corrected chi connectivity index (χ1v) is 10.1. The normalized spacial score (nSPS) is 11.5. The van der Waals surface area contributed by atoms with E-state index in [0.717, 1.165) is 22.8 Å². The summed E-state index contributed by atoms with van der Waals surface area (Å²) in [5, 5.41) is 8.20. The number of nitrogens with one attached hydrogen (secondary N) is 1. The molecule has 3 aromatic rings. The first kappa shape index (κ1) is 17.9. The molecule has 0 spiro atoms. The van der Waals surface area contributed by atoms with Crippen LogP contribution < -0.4 is 5.32 Å². The minimum atomic E-state index is -3.11. The third-order valence-corrected chi connectivity index (χ3v) is 4.91. The summed E-state index contributed by atoms with van der Waals surface area (Å²) in [5.74, 6) is -0.0672. The number of hydrogen-bond donors (Lipinski definition) is 1. The van der Waals surface area contributed by atoms with Crippen molar-refractivity contribution in [1.29, 1.82) is 0 Å². The fourth-order valence-corrected chi connectivity index (χ4v) is 3.09. The van der Waals surface area contributed by atoms with Crippen molar-refractivity contribution in [2.24, 2.45) is 0 Å². The van der Waals surface area contributed by atoms with E-state index in [1.54, 1.807) is 19.2 Å². The summed E-state index contributed by atoms with van der Waals surface area (Å²) in [6.45, 7) is 0.141. The number of anilines is 1. The van der Waals surface area contributed by atoms with Crippen LogP contribution in [0.5, 0.6) is 0 Å². The molecular formula is C18H20N4O3S. The van der Waals surface area contributed by atoms with Crippen LogP contribution >= 0.6 is 0 Å². The molecule has 0 aliphatic heterocycles. The van der Waals surface area contributed by atoms with E-state index in [2.05, 4.69) is 10.4 Å². The smallest absolute Gasteiger partial charge is 0.321 e. The fourth-order valence-electron chi connectivity index (χ4n) is 2.49. The van der Waals surface area contributed by atoms with E-state index in [1.807, 2.05) is 47.3 Å². The largest absolute Gasteiger partial charge is 0.327 e. The van der Waals surface area contributed by atoms with E-state index < -0.39 is 9.84 Å². The third-order valence-electron chi connectivity index (χ3n) is 3.98. The second-order valence-electron chi connectivity index (χ2n) is 6.14. The predicted molar refractivity (Wildman–Crippen MR) is 102 cm³/mol. The van der Waals surface area contributed by atoms with Crippen LogP contribution in [0.15, 0.2) is 54.7 Å². The van der Waals surface area contributed by atoms with Crippen LogP contribution in [-0.2, 0) is 9.84 Å². The van der Waals surface area contributed by atoms with Gasteiger partial charge in [-0.15, -0.1) is 0 Å². The topological polar surface area (TPSA) is 84.3 Å². The SMILES string of the molecule is CN(CCS(C)(=O)=O)C(=O)Nc1ccc(-n2ncc3ccccc32)cc1. The summed E-state index contributed by atoms with van der Waals surface area (Å²) in [5.41, 5.74) is 2.51. The summed E-state index contributed by atoms with van der Waals surface area (Å²) in [7, 11) is -1.55. The minimum Gasteiger partial charge on any atom is -0.327 e. The lowest BCUT2D eigenvalue weighted by Crippen LogP contribution is -2.34. The Kier molecular flexibility index (Phi) is 4.94. The minimum absolute atomic E-state index is 0.0672. The summed E-state index contributed by atoms with van der Waals surface area (Å²) in [6.07, 6.45) is 2.96. The molecule has 0 atom stereocenters. The Balaban J connectivity index is 1.69. The Bertz CT molecular complexity index is 1030. The number of amides is 2. The highest BCUT2D eigenvalue weighted by Crippen LogP contribution is 2.19. The number of carbonyl (C=O) groups is 1. The van der Waals surface area contributed by atoms with Gasteiger partial charge in [-0.3, -0.25) is 0 Å². The molecule has 0 saturated carbocycles. The van der Waals surface area contributed by atoms with Crippen molar-refractivity contribution in [1.82, 2.24) is 14.7 Å². The predicted octanol–water partition coefficient (Wildman–Crippen LogP) is 2.53. The van der Waals surface area contributed by atoms with Gasteiger partial charge in [-0.1, -0.05) is 18.2 Å². The lowest BCUT2D eigenvalue weighted by molar-refractivity contribution is 0.225. The zero-order valence-electron chi connectivity index (χ0n) is 14.6. The molecule has 0 aliphatic carbocycles. The van der Waals surface area contributed by atoms with Crippen LogP contribution in [0.4, 0.5) is 10.5 Å². The quantitative estimate of drug-likeness (QED) is 0.746. The van der Waals surface area contributed by atoms with Crippen LogP contribution in [0.1, 0.15) is 0 Å². The standard InChI is InChI=1S/C18H20N4O3S/c1-21(11-12-26(2,24)25)18(23)20-15-7-9-16(10-8-15)22-17-6-4-3-5-14(17)13-19-22/h3-10,13H,11-12H2,1-2H3,(H,20,23). The molecule has 136 valence electrons. The first-order chi connectivity index (χ1) is 12.3.